The van der Waals surface area contributed by atoms with E-state index in [1.165, 1.54) is 6.42 Å². The number of ether oxygens (including phenoxy) is 1. The minimum atomic E-state index is -3.47. The molecule has 1 aliphatic carbocycles. The van der Waals surface area contributed by atoms with Crippen molar-refractivity contribution in [2.75, 3.05) is 12.3 Å². The lowest BCUT2D eigenvalue weighted by Crippen LogP contribution is -2.41. The molecule has 1 aliphatic heterocycles. The highest BCUT2D eigenvalue weighted by Gasteiger charge is 2.38. The van der Waals surface area contributed by atoms with E-state index in [1.54, 1.807) is 4.31 Å². The normalized spacial score (nSPS) is 19.0. The summed E-state index contributed by atoms with van der Waals surface area (Å²) in [7, 11) is -3.47. The Balaban J connectivity index is 0.00000189. The second kappa shape index (κ2) is 15.1. The first-order valence-corrected chi connectivity index (χ1v) is 16.5. The summed E-state index contributed by atoms with van der Waals surface area (Å²) < 4.78 is 39.7. The molecule has 0 bridgehead atoms. The molecule has 2 aliphatic rings. The van der Waals surface area contributed by atoms with Crippen LogP contribution in [0.2, 0.25) is 0 Å². The summed E-state index contributed by atoms with van der Waals surface area (Å²) in [5.41, 5.74) is 1.62. The Hall–Kier alpha value is -3.24. The van der Waals surface area contributed by atoms with Crippen LogP contribution < -0.4 is 5.32 Å². The number of piperidine rings is 1. The predicted molar refractivity (Wildman–Crippen MR) is 157 cm³/mol. The smallest absolute Gasteiger partial charge is 0.408 e. The van der Waals surface area contributed by atoms with E-state index in [4.69, 9.17) is 9.26 Å². The maximum absolute atomic E-state index is 13.5. The summed E-state index contributed by atoms with van der Waals surface area (Å²) in [5, 5.41) is 7.06. The number of carbonyl (C=O) groups excluding carboxylic acids is 1. The third-order valence-electron chi connectivity index (χ3n) is 7.59. The van der Waals surface area contributed by atoms with E-state index in [-0.39, 0.29) is 24.2 Å². The lowest BCUT2D eigenvalue weighted by Gasteiger charge is -2.34. The van der Waals surface area contributed by atoms with Crippen LogP contribution >= 0.6 is 0 Å². The number of hydrogen-bond acceptors (Lipinski definition) is 7. The molecule has 1 unspecified atom stereocenters. The van der Waals surface area contributed by atoms with Gasteiger partial charge < -0.3 is 14.6 Å². The standard InChI is InChI=1S/C29H36N4O5S.C2H6/c34-29(37-20-22-12-4-1-5-13-22)30-26(24-16-8-3-9-17-24)28-31-27(32-38-28)25-18-10-11-19-33(25)39(35,36)21-23-14-6-2-7-15-23;1-2/h1,3-5,8-9,12-13,16-17,23,25-26H,2,6-7,10-11,14-15,18-21H2,(H,30,34);1-2H3/t25?,26-;/m1./s1. The number of alkyl carbamates (subject to hydrolysis) is 1. The van der Waals surface area contributed by atoms with Gasteiger partial charge in [0, 0.05) is 6.54 Å². The van der Waals surface area contributed by atoms with Gasteiger partial charge in [-0.05, 0) is 42.7 Å². The Morgan fingerprint density at radius 1 is 0.976 bits per heavy atom. The molecule has 5 rings (SSSR count). The van der Waals surface area contributed by atoms with Crippen molar-refractivity contribution in [1.29, 1.82) is 0 Å². The highest BCUT2D eigenvalue weighted by molar-refractivity contribution is 7.89. The van der Waals surface area contributed by atoms with E-state index in [9.17, 15) is 13.2 Å². The van der Waals surface area contributed by atoms with Crippen LogP contribution in [0.5, 0.6) is 0 Å². The lowest BCUT2D eigenvalue weighted by molar-refractivity contribution is 0.135. The van der Waals surface area contributed by atoms with Crippen LogP contribution in [0.4, 0.5) is 4.79 Å². The summed E-state index contributed by atoms with van der Waals surface area (Å²) in [6, 6.07) is 17.5. The van der Waals surface area contributed by atoms with Gasteiger partial charge >= 0.3 is 6.09 Å². The molecule has 0 spiro atoms. The Kier molecular flexibility index (Phi) is 11.3. The first-order valence-electron chi connectivity index (χ1n) is 14.8. The van der Waals surface area contributed by atoms with Crippen molar-refractivity contribution in [3.8, 4) is 0 Å². The minimum absolute atomic E-state index is 0.124. The molecule has 222 valence electrons. The molecule has 10 heteroatoms. The molecule has 3 aromatic rings. The second-order valence-corrected chi connectivity index (χ2v) is 12.4. The zero-order valence-corrected chi connectivity index (χ0v) is 24.9. The molecule has 1 saturated heterocycles. The number of nitrogens with one attached hydrogen (secondary N) is 1. The van der Waals surface area contributed by atoms with Crippen molar-refractivity contribution in [2.45, 2.75) is 83.9 Å². The molecule has 2 fully saturated rings. The summed E-state index contributed by atoms with van der Waals surface area (Å²) >= 11 is 0. The fourth-order valence-electron chi connectivity index (χ4n) is 5.56. The van der Waals surface area contributed by atoms with E-state index in [0.29, 0.717) is 18.8 Å². The van der Waals surface area contributed by atoms with Gasteiger partial charge in [-0.3, -0.25) is 0 Å². The van der Waals surface area contributed by atoms with E-state index >= 15 is 0 Å². The topological polar surface area (TPSA) is 115 Å². The van der Waals surface area contributed by atoms with Gasteiger partial charge in [0.1, 0.15) is 12.6 Å². The van der Waals surface area contributed by atoms with Crippen LogP contribution in [-0.4, -0.2) is 41.3 Å². The third kappa shape index (κ3) is 8.39. The van der Waals surface area contributed by atoms with Crippen LogP contribution in [-0.2, 0) is 21.4 Å². The van der Waals surface area contributed by atoms with Gasteiger partial charge in [-0.15, -0.1) is 0 Å². The SMILES string of the molecule is CC.O=C(N[C@H](c1ccccc1)c1nc(C2CCCCN2S(=O)(=O)CC2CCCCC2)no1)OCc1ccccc1. The number of amides is 1. The molecular formula is C31H42N4O5S. The number of rotatable bonds is 9. The van der Waals surface area contributed by atoms with Crippen LogP contribution in [0.3, 0.4) is 0 Å². The zero-order chi connectivity index (χ0) is 29.1. The molecule has 9 nitrogen and oxygen atoms in total. The largest absolute Gasteiger partial charge is 0.445 e. The molecule has 41 heavy (non-hydrogen) atoms. The Morgan fingerprint density at radius 3 is 2.34 bits per heavy atom. The molecule has 1 amide bonds. The predicted octanol–water partition coefficient (Wildman–Crippen LogP) is 6.55. The Bertz CT molecular complexity index is 1310. The van der Waals surface area contributed by atoms with Gasteiger partial charge in [-0.1, -0.05) is 105 Å². The molecule has 2 heterocycles. The van der Waals surface area contributed by atoms with E-state index in [0.717, 1.165) is 49.7 Å². The van der Waals surface area contributed by atoms with Crippen LogP contribution in [0.15, 0.2) is 65.2 Å². The summed E-state index contributed by atoms with van der Waals surface area (Å²) in [6.07, 6.45) is 7.02. The number of benzene rings is 2. The van der Waals surface area contributed by atoms with Crippen LogP contribution in [0, 0.1) is 5.92 Å². The third-order valence-corrected chi connectivity index (χ3v) is 9.64. The molecular weight excluding hydrogens is 540 g/mol. The van der Waals surface area contributed by atoms with E-state index < -0.39 is 28.2 Å². The van der Waals surface area contributed by atoms with Crippen molar-refractivity contribution in [2.24, 2.45) is 5.92 Å². The number of nitrogens with zero attached hydrogens (tertiary/aromatic N) is 3. The van der Waals surface area contributed by atoms with Gasteiger partial charge in [0.25, 0.3) is 5.89 Å². The molecule has 1 aromatic heterocycles. The summed E-state index contributed by atoms with van der Waals surface area (Å²) in [5.74, 6) is 0.899. The summed E-state index contributed by atoms with van der Waals surface area (Å²) in [6.45, 7) is 4.58. The van der Waals surface area contributed by atoms with Crippen molar-refractivity contribution < 1.29 is 22.5 Å². The van der Waals surface area contributed by atoms with Crippen LogP contribution in [0.1, 0.15) is 100 Å². The quantitative estimate of drug-likeness (QED) is 0.304. The van der Waals surface area contributed by atoms with E-state index in [1.807, 2.05) is 74.5 Å². The molecule has 1 saturated carbocycles. The zero-order valence-electron chi connectivity index (χ0n) is 24.1. The average molecular weight is 583 g/mol. The van der Waals surface area contributed by atoms with Crippen molar-refractivity contribution in [1.82, 2.24) is 19.8 Å². The molecule has 2 aromatic carbocycles. The highest BCUT2D eigenvalue weighted by Crippen LogP contribution is 2.35. The fourth-order valence-corrected chi connectivity index (χ4v) is 7.67. The molecule has 0 radical (unpaired) electrons. The monoisotopic (exact) mass is 582 g/mol. The highest BCUT2D eigenvalue weighted by atomic mass is 32.2. The Labute approximate surface area is 243 Å². The minimum Gasteiger partial charge on any atom is -0.445 e. The maximum atomic E-state index is 13.5. The lowest BCUT2D eigenvalue weighted by atomic mass is 9.91. The maximum Gasteiger partial charge on any atom is 0.408 e. The number of aromatic nitrogens is 2. The average Bonchev–Trinajstić information content (AvgIpc) is 3.51. The van der Waals surface area contributed by atoms with Crippen molar-refractivity contribution >= 4 is 16.1 Å². The number of carbonyl (C=O) groups is 1. The van der Waals surface area contributed by atoms with Crippen LogP contribution in [0.25, 0.3) is 0 Å². The van der Waals surface area contributed by atoms with Gasteiger partial charge in [0.15, 0.2) is 5.82 Å². The fraction of sp³-hybridized carbons (Fsp3) is 0.516. The van der Waals surface area contributed by atoms with E-state index in [2.05, 4.69) is 15.5 Å². The molecule has 2 atom stereocenters. The molecule has 1 N–H and O–H groups in total. The number of sulfonamides is 1. The first-order chi connectivity index (χ1) is 20.0. The summed E-state index contributed by atoms with van der Waals surface area (Å²) in [4.78, 5) is 17.4. The Morgan fingerprint density at radius 2 is 1.63 bits per heavy atom. The van der Waals surface area contributed by atoms with Crippen molar-refractivity contribution in [3.05, 3.63) is 83.5 Å². The second-order valence-electron chi connectivity index (χ2n) is 10.4. The van der Waals surface area contributed by atoms with Gasteiger partial charge in [-0.2, -0.15) is 9.29 Å². The number of hydrogen-bond donors (Lipinski definition) is 1. The van der Waals surface area contributed by atoms with Gasteiger partial charge in [0.2, 0.25) is 10.0 Å². The van der Waals surface area contributed by atoms with Crippen molar-refractivity contribution in [3.63, 3.8) is 0 Å². The van der Waals surface area contributed by atoms with Gasteiger partial charge in [0.05, 0.1) is 11.8 Å². The first kappa shape index (κ1) is 30.7. The van der Waals surface area contributed by atoms with Gasteiger partial charge in [-0.25, -0.2) is 13.2 Å².